The lowest BCUT2D eigenvalue weighted by Crippen LogP contribution is -2.27. The Hall–Kier alpha value is -1.06. The standard InChI is InChI=1S/C12H17BF2O/c1-6-7(2)9(14)11(10(15)8(6)13)16-12(3,4)5/h13H2,1-5H3. The van der Waals surface area contributed by atoms with Gasteiger partial charge in [0.25, 0.3) is 0 Å². The van der Waals surface area contributed by atoms with Crippen LogP contribution in [0.5, 0.6) is 5.75 Å². The van der Waals surface area contributed by atoms with Crippen LogP contribution in [0, 0.1) is 25.5 Å². The van der Waals surface area contributed by atoms with E-state index >= 15 is 0 Å². The lowest BCUT2D eigenvalue weighted by molar-refractivity contribution is 0.117. The Bertz CT molecular complexity index is 393. The predicted molar refractivity (Wildman–Crippen MR) is 64.4 cm³/mol. The first-order valence-corrected chi connectivity index (χ1v) is 5.29. The zero-order valence-corrected chi connectivity index (χ0v) is 10.7. The average molecular weight is 226 g/mol. The van der Waals surface area contributed by atoms with Crippen LogP contribution >= 0.6 is 0 Å². The molecule has 0 spiro atoms. The van der Waals surface area contributed by atoms with E-state index in [2.05, 4.69) is 0 Å². The van der Waals surface area contributed by atoms with Gasteiger partial charge in [0.2, 0.25) is 0 Å². The fraction of sp³-hybridized carbons (Fsp3) is 0.500. The van der Waals surface area contributed by atoms with Gasteiger partial charge in [0, 0.05) is 0 Å². The molecule has 0 amide bonds. The third-order valence-corrected chi connectivity index (χ3v) is 2.59. The minimum atomic E-state index is -0.615. The molecule has 0 aliphatic carbocycles. The van der Waals surface area contributed by atoms with Gasteiger partial charge >= 0.3 is 0 Å². The highest BCUT2D eigenvalue weighted by molar-refractivity contribution is 6.33. The summed E-state index contributed by atoms with van der Waals surface area (Å²) in [5.74, 6) is -1.47. The highest BCUT2D eigenvalue weighted by Gasteiger charge is 2.23. The summed E-state index contributed by atoms with van der Waals surface area (Å²) in [5, 5.41) is 0. The third kappa shape index (κ3) is 2.37. The molecular weight excluding hydrogens is 209 g/mol. The van der Waals surface area contributed by atoms with Crippen molar-refractivity contribution in [3.05, 3.63) is 22.8 Å². The Morgan fingerprint density at radius 1 is 1.00 bits per heavy atom. The van der Waals surface area contributed by atoms with Crippen molar-refractivity contribution in [2.24, 2.45) is 0 Å². The summed E-state index contributed by atoms with van der Waals surface area (Å²) in [6.45, 7) is 8.62. The minimum Gasteiger partial charge on any atom is -0.482 e. The fourth-order valence-electron chi connectivity index (χ4n) is 1.44. The van der Waals surface area contributed by atoms with Gasteiger partial charge in [-0.15, -0.1) is 0 Å². The van der Waals surface area contributed by atoms with Gasteiger partial charge in [-0.05, 0) is 51.2 Å². The van der Waals surface area contributed by atoms with Crippen LogP contribution in [0.3, 0.4) is 0 Å². The first-order valence-electron chi connectivity index (χ1n) is 5.29. The Kier molecular flexibility index (Phi) is 3.31. The highest BCUT2D eigenvalue weighted by atomic mass is 19.1. The third-order valence-electron chi connectivity index (χ3n) is 2.59. The number of hydrogen-bond donors (Lipinski definition) is 0. The van der Waals surface area contributed by atoms with Crippen molar-refractivity contribution in [2.45, 2.75) is 40.2 Å². The number of halogens is 2. The molecule has 0 unspecified atom stereocenters. The molecule has 0 radical (unpaired) electrons. The SMILES string of the molecule is Bc1c(C)c(C)c(F)c(OC(C)(C)C)c1F. The van der Waals surface area contributed by atoms with Gasteiger partial charge in [0.05, 0.1) is 0 Å². The summed E-state index contributed by atoms with van der Waals surface area (Å²) in [5.41, 5.74) is 0.906. The molecular formula is C12H17BF2O. The molecule has 16 heavy (non-hydrogen) atoms. The maximum atomic E-state index is 13.9. The van der Waals surface area contributed by atoms with Crippen molar-refractivity contribution in [3.8, 4) is 5.75 Å². The van der Waals surface area contributed by atoms with Crippen molar-refractivity contribution >= 4 is 13.3 Å². The molecule has 0 saturated heterocycles. The molecule has 0 aliphatic rings. The van der Waals surface area contributed by atoms with Crippen LogP contribution in [-0.2, 0) is 0 Å². The zero-order valence-electron chi connectivity index (χ0n) is 10.7. The van der Waals surface area contributed by atoms with Gasteiger partial charge in [0.1, 0.15) is 13.4 Å². The quantitative estimate of drug-likeness (QED) is 0.665. The highest BCUT2D eigenvalue weighted by Crippen LogP contribution is 2.28. The molecule has 1 nitrogen and oxygen atoms in total. The number of benzene rings is 1. The number of ether oxygens (including phenoxy) is 1. The van der Waals surface area contributed by atoms with Gasteiger partial charge in [0.15, 0.2) is 17.4 Å². The van der Waals surface area contributed by atoms with E-state index in [1.54, 1.807) is 42.5 Å². The van der Waals surface area contributed by atoms with Crippen LogP contribution in [0.25, 0.3) is 0 Å². The van der Waals surface area contributed by atoms with Crippen molar-refractivity contribution in [3.63, 3.8) is 0 Å². The lowest BCUT2D eigenvalue weighted by Gasteiger charge is -2.24. The number of rotatable bonds is 1. The topological polar surface area (TPSA) is 9.23 Å². The van der Waals surface area contributed by atoms with E-state index < -0.39 is 17.2 Å². The van der Waals surface area contributed by atoms with E-state index in [1.165, 1.54) is 0 Å². The first kappa shape index (κ1) is 13.0. The van der Waals surface area contributed by atoms with Crippen LogP contribution in [0.4, 0.5) is 8.78 Å². The van der Waals surface area contributed by atoms with Gasteiger partial charge < -0.3 is 4.74 Å². The molecule has 1 aromatic carbocycles. The van der Waals surface area contributed by atoms with Gasteiger partial charge in [-0.25, -0.2) is 8.78 Å². The molecule has 0 heterocycles. The van der Waals surface area contributed by atoms with Crippen molar-refractivity contribution in [1.29, 1.82) is 0 Å². The monoisotopic (exact) mass is 226 g/mol. The van der Waals surface area contributed by atoms with E-state index in [-0.39, 0.29) is 5.75 Å². The molecule has 0 atom stereocenters. The fourth-order valence-corrected chi connectivity index (χ4v) is 1.44. The first-order chi connectivity index (χ1) is 7.15. The molecule has 0 N–H and O–H groups in total. The summed E-state index contributed by atoms with van der Waals surface area (Å²) < 4.78 is 33.1. The Balaban J connectivity index is 3.40. The van der Waals surface area contributed by atoms with E-state index in [0.717, 1.165) is 0 Å². The molecule has 0 saturated carbocycles. The summed E-state index contributed by atoms with van der Waals surface area (Å²) in [4.78, 5) is 0. The Morgan fingerprint density at radius 3 is 1.94 bits per heavy atom. The smallest absolute Gasteiger partial charge is 0.191 e. The van der Waals surface area contributed by atoms with E-state index in [4.69, 9.17) is 4.74 Å². The van der Waals surface area contributed by atoms with Gasteiger partial charge in [-0.2, -0.15) is 0 Å². The largest absolute Gasteiger partial charge is 0.482 e. The summed E-state index contributed by atoms with van der Waals surface area (Å²) in [7, 11) is 1.63. The normalized spacial score (nSPS) is 11.7. The Morgan fingerprint density at radius 2 is 1.50 bits per heavy atom. The average Bonchev–Trinajstić information content (AvgIpc) is 2.17. The molecule has 88 valence electrons. The molecule has 0 fully saturated rings. The zero-order chi connectivity index (χ0) is 12.7. The second-order valence-corrected chi connectivity index (χ2v) is 5.05. The van der Waals surface area contributed by atoms with Gasteiger partial charge in [-0.1, -0.05) is 0 Å². The number of hydrogen-bond acceptors (Lipinski definition) is 1. The van der Waals surface area contributed by atoms with Gasteiger partial charge in [-0.3, -0.25) is 0 Å². The second-order valence-electron chi connectivity index (χ2n) is 5.05. The van der Waals surface area contributed by atoms with Crippen LogP contribution in [0.1, 0.15) is 31.9 Å². The molecule has 0 bridgehead atoms. The van der Waals surface area contributed by atoms with Crippen LogP contribution in [0.15, 0.2) is 0 Å². The Labute approximate surface area is 96.2 Å². The summed E-state index contributed by atoms with van der Waals surface area (Å²) >= 11 is 0. The van der Waals surface area contributed by atoms with E-state index in [0.29, 0.717) is 16.6 Å². The van der Waals surface area contributed by atoms with Crippen LogP contribution < -0.4 is 10.2 Å². The maximum absolute atomic E-state index is 13.9. The second kappa shape index (κ2) is 4.08. The molecule has 1 rings (SSSR count). The molecule has 0 aliphatic heterocycles. The van der Waals surface area contributed by atoms with Crippen molar-refractivity contribution < 1.29 is 13.5 Å². The minimum absolute atomic E-state index is 0.270. The predicted octanol–water partition coefficient (Wildman–Crippen LogP) is 2.02. The van der Waals surface area contributed by atoms with E-state index in [9.17, 15) is 8.78 Å². The van der Waals surface area contributed by atoms with Crippen LogP contribution in [0.2, 0.25) is 0 Å². The van der Waals surface area contributed by atoms with Crippen molar-refractivity contribution in [1.82, 2.24) is 0 Å². The van der Waals surface area contributed by atoms with Crippen LogP contribution in [-0.4, -0.2) is 13.4 Å². The summed E-state index contributed by atoms with van der Waals surface area (Å²) in [6, 6.07) is 0. The molecule has 4 heteroatoms. The lowest BCUT2D eigenvalue weighted by atomic mass is 9.87. The summed E-state index contributed by atoms with van der Waals surface area (Å²) in [6.07, 6.45) is 0. The maximum Gasteiger partial charge on any atom is 0.191 e. The molecule has 1 aromatic rings. The molecule has 0 aromatic heterocycles. The van der Waals surface area contributed by atoms with Crippen molar-refractivity contribution in [2.75, 3.05) is 0 Å². The van der Waals surface area contributed by atoms with E-state index in [1.807, 2.05) is 0 Å².